The van der Waals surface area contributed by atoms with Crippen molar-refractivity contribution in [1.29, 1.82) is 0 Å². The molecule has 0 saturated heterocycles. The Morgan fingerprint density at radius 2 is 1.90 bits per heavy atom. The quantitative estimate of drug-likeness (QED) is 0.671. The van der Waals surface area contributed by atoms with E-state index in [0.717, 1.165) is 5.56 Å². The molecule has 21 heavy (non-hydrogen) atoms. The number of nitrogens with zero attached hydrogens (tertiary/aromatic N) is 3. The Labute approximate surface area is 122 Å². The molecule has 2 aromatic rings. The van der Waals surface area contributed by atoms with Crippen molar-refractivity contribution in [1.82, 2.24) is 9.97 Å². The van der Waals surface area contributed by atoms with E-state index < -0.39 is 4.92 Å². The second kappa shape index (κ2) is 6.17. The zero-order chi connectivity index (χ0) is 15.4. The summed E-state index contributed by atoms with van der Waals surface area (Å²) < 4.78 is 5.56. The standard InChI is InChI=1S/C14H16N4O3/c1-4-15-14-16-10(3)12(18(19)20)13(17-14)21-11-7-5-9(2)6-8-11/h5-8H,4H2,1-3H3,(H,15,16,17). The predicted molar refractivity (Wildman–Crippen MR) is 78.8 cm³/mol. The highest BCUT2D eigenvalue weighted by atomic mass is 16.6. The van der Waals surface area contributed by atoms with E-state index >= 15 is 0 Å². The van der Waals surface area contributed by atoms with Gasteiger partial charge in [0.1, 0.15) is 11.4 Å². The molecule has 7 heteroatoms. The van der Waals surface area contributed by atoms with Gasteiger partial charge in [0.15, 0.2) is 0 Å². The molecule has 0 aliphatic rings. The molecule has 0 unspecified atom stereocenters. The molecule has 0 atom stereocenters. The van der Waals surface area contributed by atoms with Crippen LogP contribution in [0, 0.1) is 24.0 Å². The van der Waals surface area contributed by atoms with Gasteiger partial charge in [0.25, 0.3) is 0 Å². The lowest BCUT2D eigenvalue weighted by Crippen LogP contribution is -2.07. The first-order chi connectivity index (χ1) is 10.0. The Kier molecular flexibility index (Phi) is 4.32. The second-order valence-corrected chi connectivity index (χ2v) is 4.49. The molecule has 0 amide bonds. The van der Waals surface area contributed by atoms with Gasteiger partial charge in [-0.1, -0.05) is 17.7 Å². The van der Waals surface area contributed by atoms with Gasteiger partial charge in [-0.3, -0.25) is 10.1 Å². The van der Waals surface area contributed by atoms with Gasteiger partial charge in [-0.15, -0.1) is 0 Å². The topological polar surface area (TPSA) is 90.2 Å². The molecule has 1 aromatic carbocycles. The molecule has 1 heterocycles. The number of nitrogens with one attached hydrogen (secondary N) is 1. The Hall–Kier alpha value is -2.70. The van der Waals surface area contributed by atoms with E-state index in [4.69, 9.17) is 4.74 Å². The van der Waals surface area contributed by atoms with E-state index in [1.807, 2.05) is 26.0 Å². The van der Waals surface area contributed by atoms with Gasteiger partial charge >= 0.3 is 11.6 Å². The third-order valence-electron chi connectivity index (χ3n) is 2.78. The third kappa shape index (κ3) is 3.44. The van der Waals surface area contributed by atoms with Crippen LogP contribution in [0.1, 0.15) is 18.2 Å². The molecule has 0 fully saturated rings. The minimum Gasteiger partial charge on any atom is -0.434 e. The van der Waals surface area contributed by atoms with E-state index in [0.29, 0.717) is 18.2 Å². The Morgan fingerprint density at radius 1 is 1.24 bits per heavy atom. The first kappa shape index (κ1) is 14.7. The molecule has 7 nitrogen and oxygen atoms in total. The molecule has 0 radical (unpaired) electrons. The highest BCUT2D eigenvalue weighted by Crippen LogP contribution is 2.32. The number of aryl methyl sites for hydroxylation is 2. The number of ether oxygens (including phenoxy) is 1. The lowest BCUT2D eigenvalue weighted by atomic mass is 10.2. The number of nitro groups is 1. The number of hydrogen-bond donors (Lipinski definition) is 1. The second-order valence-electron chi connectivity index (χ2n) is 4.49. The minimum absolute atomic E-state index is 0.0627. The smallest absolute Gasteiger partial charge is 0.352 e. The summed E-state index contributed by atoms with van der Waals surface area (Å²) in [6.07, 6.45) is 0. The summed E-state index contributed by atoms with van der Waals surface area (Å²) in [5, 5.41) is 14.1. The molecule has 2 rings (SSSR count). The maximum Gasteiger partial charge on any atom is 0.352 e. The van der Waals surface area contributed by atoms with Crippen molar-refractivity contribution < 1.29 is 9.66 Å². The van der Waals surface area contributed by atoms with Gasteiger partial charge in [0.05, 0.1) is 4.92 Å². The number of anilines is 1. The summed E-state index contributed by atoms with van der Waals surface area (Å²) in [6, 6.07) is 7.20. The van der Waals surface area contributed by atoms with E-state index in [9.17, 15) is 10.1 Å². The van der Waals surface area contributed by atoms with Crippen molar-refractivity contribution in [2.24, 2.45) is 0 Å². The van der Waals surface area contributed by atoms with Crippen molar-refractivity contribution in [2.75, 3.05) is 11.9 Å². The molecule has 0 aliphatic heterocycles. The van der Waals surface area contributed by atoms with Crippen molar-refractivity contribution in [3.8, 4) is 11.6 Å². The van der Waals surface area contributed by atoms with Crippen molar-refractivity contribution in [3.63, 3.8) is 0 Å². The summed E-state index contributed by atoms with van der Waals surface area (Å²) in [5.74, 6) is 0.735. The molecular formula is C14H16N4O3. The Morgan fingerprint density at radius 3 is 2.48 bits per heavy atom. The first-order valence-corrected chi connectivity index (χ1v) is 6.52. The van der Waals surface area contributed by atoms with Crippen LogP contribution in [-0.4, -0.2) is 21.4 Å². The monoisotopic (exact) mass is 288 g/mol. The maximum absolute atomic E-state index is 11.2. The van der Waals surface area contributed by atoms with Gasteiger partial charge in [-0.05, 0) is 32.9 Å². The van der Waals surface area contributed by atoms with Gasteiger partial charge in [-0.2, -0.15) is 4.98 Å². The molecule has 0 spiro atoms. The van der Waals surface area contributed by atoms with E-state index in [2.05, 4.69) is 15.3 Å². The molecule has 0 bridgehead atoms. The van der Waals surface area contributed by atoms with Crippen LogP contribution in [0.25, 0.3) is 0 Å². The van der Waals surface area contributed by atoms with E-state index in [1.54, 1.807) is 19.1 Å². The van der Waals surface area contributed by atoms with Crippen LogP contribution in [0.2, 0.25) is 0 Å². The van der Waals surface area contributed by atoms with Gasteiger partial charge < -0.3 is 10.1 Å². The highest BCUT2D eigenvalue weighted by Gasteiger charge is 2.24. The highest BCUT2D eigenvalue weighted by molar-refractivity contribution is 5.50. The van der Waals surface area contributed by atoms with E-state index in [-0.39, 0.29) is 17.3 Å². The van der Waals surface area contributed by atoms with Crippen LogP contribution >= 0.6 is 0 Å². The van der Waals surface area contributed by atoms with Gasteiger partial charge in [0.2, 0.25) is 5.95 Å². The van der Waals surface area contributed by atoms with Crippen LogP contribution in [0.15, 0.2) is 24.3 Å². The summed E-state index contributed by atoms with van der Waals surface area (Å²) in [4.78, 5) is 18.8. The van der Waals surface area contributed by atoms with Crippen LogP contribution in [-0.2, 0) is 0 Å². The summed E-state index contributed by atoms with van der Waals surface area (Å²) in [7, 11) is 0. The summed E-state index contributed by atoms with van der Waals surface area (Å²) >= 11 is 0. The molecule has 1 N–H and O–H groups in total. The SMILES string of the molecule is CCNc1nc(C)c([N+](=O)[O-])c(Oc2ccc(C)cc2)n1. The summed E-state index contributed by atoms with van der Waals surface area (Å²) in [5.41, 5.74) is 1.11. The lowest BCUT2D eigenvalue weighted by Gasteiger charge is -2.09. The molecular weight excluding hydrogens is 272 g/mol. The Balaban J connectivity index is 2.43. The molecule has 1 aromatic heterocycles. The lowest BCUT2D eigenvalue weighted by molar-refractivity contribution is -0.386. The fraction of sp³-hybridized carbons (Fsp3) is 0.286. The molecule has 0 saturated carbocycles. The zero-order valence-electron chi connectivity index (χ0n) is 12.1. The fourth-order valence-electron chi connectivity index (χ4n) is 1.78. The minimum atomic E-state index is -0.533. The number of hydrogen-bond acceptors (Lipinski definition) is 6. The van der Waals surface area contributed by atoms with Gasteiger partial charge in [0, 0.05) is 6.54 Å². The maximum atomic E-state index is 11.2. The average Bonchev–Trinajstić information content (AvgIpc) is 2.41. The normalized spacial score (nSPS) is 10.2. The largest absolute Gasteiger partial charge is 0.434 e. The summed E-state index contributed by atoms with van der Waals surface area (Å²) in [6.45, 7) is 6.01. The zero-order valence-corrected chi connectivity index (χ0v) is 12.1. The van der Waals surface area contributed by atoms with Crippen LogP contribution < -0.4 is 10.1 Å². The molecule has 110 valence electrons. The van der Waals surface area contributed by atoms with Crippen LogP contribution in [0.5, 0.6) is 11.6 Å². The number of rotatable bonds is 5. The first-order valence-electron chi connectivity index (χ1n) is 6.52. The van der Waals surface area contributed by atoms with Crippen LogP contribution in [0.4, 0.5) is 11.6 Å². The number of benzene rings is 1. The van der Waals surface area contributed by atoms with Gasteiger partial charge in [-0.25, -0.2) is 4.98 Å². The van der Waals surface area contributed by atoms with Crippen molar-refractivity contribution in [3.05, 3.63) is 45.6 Å². The fourth-order valence-corrected chi connectivity index (χ4v) is 1.78. The third-order valence-corrected chi connectivity index (χ3v) is 2.78. The van der Waals surface area contributed by atoms with E-state index in [1.165, 1.54) is 0 Å². The van der Waals surface area contributed by atoms with Crippen LogP contribution in [0.3, 0.4) is 0 Å². The van der Waals surface area contributed by atoms with Crippen molar-refractivity contribution >= 4 is 11.6 Å². The number of aromatic nitrogens is 2. The van der Waals surface area contributed by atoms with Crippen molar-refractivity contribution in [2.45, 2.75) is 20.8 Å². The predicted octanol–water partition coefficient (Wildman–Crippen LogP) is 3.23. The average molecular weight is 288 g/mol. The molecule has 0 aliphatic carbocycles. The Bertz CT molecular complexity index is 656.